The van der Waals surface area contributed by atoms with Crippen LogP contribution in [0.25, 0.3) is 11.1 Å². The van der Waals surface area contributed by atoms with Gasteiger partial charge in [-0.15, -0.1) is 0 Å². The Hall–Kier alpha value is -2.13. The van der Waals surface area contributed by atoms with Crippen molar-refractivity contribution in [3.8, 4) is 22.6 Å². The Morgan fingerprint density at radius 1 is 0.810 bits per heavy atom. The predicted molar refractivity (Wildman–Crippen MR) is 90.7 cm³/mol. The molecule has 0 atom stereocenters. The van der Waals surface area contributed by atoms with E-state index in [1.54, 1.807) is 11.8 Å². The molecule has 0 aliphatic carbocycles. The largest absolute Gasteiger partial charge is 0.454 e. The van der Waals surface area contributed by atoms with Crippen LogP contribution in [0.3, 0.4) is 0 Å². The minimum Gasteiger partial charge on any atom is -0.454 e. The summed E-state index contributed by atoms with van der Waals surface area (Å²) in [4.78, 5) is 2.35. The summed E-state index contributed by atoms with van der Waals surface area (Å²) in [6, 6.07) is 23.1. The van der Waals surface area contributed by atoms with Crippen molar-refractivity contribution in [3.05, 3.63) is 66.7 Å². The minimum atomic E-state index is 0.940. The normalized spacial score (nSPS) is 12.2. The van der Waals surface area contributed by atoms with Crippen LogP contribution in [0.5, 0.6) is 11.5 Å². The SMILES string of the molecule is Bc1cccc(-c2cccc3c2Oc2ccccc2S3)c1. The molecule has 0 spiro atoms. The Balaban J connectivity index is 1.86. The molecule has 0 N–H and O–H groups in total. The zero-order chi connectivity index (χ0) is 14.2. The molecule has 1 aliphatic heterocycles. The number of benzene rings is 3. The van der Waals surface area contributed by atoms with E-state index in [4.69, 9.17) is 4.74 Å². The maximum absolute atomic E-state index is 6.18. The van der Waals surface area contributed by atoms with Gasteiger partial charge in [-0.2, -0.15) is 0 Å². The maximum Gasteiger partial charge on any atom is 0.149 e. The Labute approximate surface area is 129 Å². The fraction of sp³-hybridized carbons (Fsp3) is 0. The third-order valence-electron chi connectivity index (χ3n) is 3.59. The fourth-order valence-corrected chi connectivity index (χ4v) is 3.57. The summed E-state index contributed by atoms with van der Waals surface area (Å²) in [6.45, 7) is 0. The van der Waals surface area contributed by atoms with Crippen LogP contribution in [0, 0.1) is 0 Å². The summed E-state index contributed by atoms with van der Waals surface area (Å²) >= 11 is 1.77. The van der Waals surface area contributed by atoms with E-state index in [2.05, 4.69) is 56.4 Å². The third-order valence-corrected chi connectivity index (χ3v) is 4.69. The van der Waals surface area contributed by atoms with E-state index in [9.17, 15) is 0 Å². The first-order valence-electron chi connectivity index (χ1n) is 6.96. The highest BCUT2D eigenvalue weighted by Crippen LogP contribution is 2.50. The Kier molecular flexibility index (Phi) is 3.01. The van der Waals surface area contributed by atoms with E-state index in [0.717, 1.165) is 17.1 Å². The highest BCUT2D eigenvalue weighted by molar-refractivity contribution is 7.99. The van der Waals surface area contributed by atoms with Gasteiger partial charge in [-0.3, -0.25) is 0 Å². The molecule has 4 rings (SSSR count). The van der Waals surface area contributed by atoms with Crippen molar-refractivity contribution >= 4 is 25.1 Å². The number of fused-ring (bicyclic) bond motifs is 2. The van der Waals surface area contributed by atoms with Crippen molar-refractivity contribution in [3.63, 3.8) is 0 Å². The van der Waals surface area contributed by atoms with E-state index >= 15 is 0 Å². The first kappa shape index (κ1) is 12.6. The molecule has 0 radical (unpaired) electrons. The molecule has 0 bridgehead atoms. The van der Waals surface area contributed by atoms with Crippen LogP contribution in [0.4, 0.5) is 0 Å². The second-order valence-electron chi connectivity index (χ2n) is 5.15. The summed E-state index contributed by atoms with van der Waals surface area (Å²) in [5, 5.41) is 0. The van der Waals surface area contributed by atoms with Gasteiger partial charge in [0.15, 0.2) is 0 Å². The summed E-state index contributed by atoms with van der Waals surface area (Å²) in [5.74, 6) is 1.90. The summed E-state index contributed by atoms with van der Waals surface area (Å²) in [6.07, 6.45) is 0. The molecule has 1 aliphatic rings. The topological polar surface area (TPSA) is 9.23 Å². The fourth-order valence-electron chi connectivity index (χ4n) is 2.59. The first-order valence-corrected chi connectivity index (χ1v) is 7.78. The number of ether oxygens (including phenoxy) is 1. The van der Waals surface area contributed by atoms with Crippen LogP contribution in [0.15, 0.2) is 76.5 Å². The van der Waals surface area contributed by atoms with Crippen molar-refractivity contribution < 1.29 is 4.74 Å². The van der Waals surface area contributed by atoms with Crippen LogP contribution in [0.2, 0.25) is 0 Å². The molecule has 0 aromatic heterocycles. The Morgan fingerprint density at radius 3 is 2.52 bits per heavy atom. The lowest BCUT2D eigenvalue weighted by atomic mass is 9.92. The van der Waals surface area contributed by atoms with E-state index in [-0.39, 0.29) is 0 Å². The highest BCUT2D eigenvalue weighted by Gasteiger charge is 2.20. The van der Waals surface area contributed by atoms with Crippen LogP contribution in [0.1, 0.15) is 0 Å². The van der Waals surface area contributed by atoms with Gasteiger partial charge in [-0.1, -0.05) is 65.8 Å². The van der Waals surface area contributed by atoms with Crippen LogP contribution >= 0.6 is 11.8 Å². The second-order valence-corrected chi connectivity index (χ2v) is 6.24. The van der Waals surface area contributed by atoms with Gasteiger partial charge >= 0.3 is 0 Å². The lowest BCUT2D eigenvalue weighted by Crippen LogP contribution is -2.02. The smallest absolute Gasteiger partial charge is 0.149 e. The van der Waals surface area contributed by atoms with Gasteiger partial charge in [0.05, 0.1) is 9.79 Å². The maximum atomic E-state index is 6.18. The van der Waals surface area contributed by atoms with E-state index in [1.807, 2.05) is 18.2 Å². The van der Waals surface area contributed by atoms with Gasteiger partial charge in [0.2, 0.25) is 0 Å². The van der Waals surface area contributed by atoms with Gasteiger partial charge in [-0.25, -0.2) is 0 Å². The molecule has 21 heavy (non-hydrogen) atoms. The van der Waals surface area contributed by atoms with Crippen molar-refractivity contribution in [2.75, 3.05) is 0 Å². The summed E-state index contributed by atoms with van der Waals surface area (Å²) in [5.41, 5.74) is 3.61. The molecule has 100 valence electrons. The standard InChI is InChI=1S/C18H13BOS/c19-13-6-3-5-12(11-13)14-7-4-10-17-18(14)20-15-8-1-2-9-16(15)21-17/h1-11H,19H2. The average molecular weight is 288 g/mol. The molecule has 3 aromatic carbocycles. The monoisotopic (exact) mass is 288 g/mol. The number of para-hydroxylation sites is 2. The molecular weight excluding hydrogens is 275 g/mol. The molecule has 0 amide bonds. The van der Waals surface area contributed by atoms with Crippen LogP contribution in [-0.2, 0) is 0 Å². The van der Waals surface area contributed by atoms with Crippen molar-refractivity contribution in [2.24, 2.45) is 0 Å². The molecule has 0 saturated heterocycles. The van der Waals surface area contributed by atoms with Crippen LogP contribution < -0.4 is 10.2 Å². The molecule has 1 heterocycles. The molecule has 1 nitrogen and oxygen atoms in total. The van der Waals surface area contributed by atoms with Crippen molar-refractivity contribution in [2.45, 2.75) is 9.79 Å². The second kappa shape index (κ2) is 5.01. The van der Waals surface area contributed by atoms with Gasteiger partial charge in [-0.05, 0) is 23.8 Å². The van der Waals surface area contributed by atoms with E-state index in [1.165, 1.54) is 20.8 Å². The highest BCUT2D eigenvalue weighted by atomic mass is 32.2. The molecular formula is C18H13BOS. The minimum absolute atomic E-state index is 0.940. The van der Waals surface area contributed by atoms with Gasteiger partial charge < -0.3 is 4.74 Å². The Bertz CT molecular complexity index is 829. The lowest BCUT2D eigenvalue weighted by Gasteiger charge is -2.22. The van der Waals surface area contributed by atoms with Gasteiger partial charge in [0, 0.05) is 5.56 Å². The number of hydrogen-bond donors (Lipinski definition) is 0. The average Bonchev–Trinajstić information content (AvgIpc) is 2.52. The van der Waals surface area contributed by atoms with Crippen LogP contribution in [-0.4, -0.2) is 7.85 Å². The lowest BCUT2D eigenvalue weighted by molar-refractivity contribution is 0.456. The van der Waals surface area contributed by atoms with Crippen molar-refractivity contribution in [1.29, 1.82) is 0 Å². The quantitative estimate of drug-likeness (QED) is 0.492. The summed E-state index contributed by atoms with van der Waals surface area (Å²) in [7, 11) is 2.11. The van der Waals surface area contributed by atoms with E-state index in [0.29, 0.717) is 0 Å². The zero-order valence-corrected chi connectivity index (χ0v) is 12.5. The molecule has 0 unspecified atom stereocenters. The molecule has 3 heteroatoms. The predicted octanol–water partition coefficient (Wildman–Crippen LogP) is 3.87. The molecule has 0 fully saturated rings. The molecule has 0 saturated carbocycles. The first-order chi connectivity index (χ1) is 10.3. The number of hydrogen-bond acceptors (Lipinski definition) is 2. The molecule has 3 aromatic rings. The van der Waals surface area contributed by atoms with Gasteiger partial charge in [0.25, 0.3) is 0 Å². The Morgan fingerprint density at radius 2 is 1.62 bits per heavy atom. The third kappa shape index (κ3) is 2.24. The van der Waals surface area contributed by atoms with Crippen molar-refractivity contribution in [1.82, 2.24) is 0 Å². The van der Waals surface area contributed by atoms with Gasteiger partial charge in [0.1, 0.15) is 19.3 Å². The summed E-state index contributed by atoms with van der Waals surface area (Å²) < 4.78 is 6.18. The number of rotatable bonds is 1. The van der Waals surface area contributed by atoms with E-state index < -0.39 is 0 Å². The zero-order valence-electron chi connectivity index (χ0n) is 11.7.